The molecule has 1 aliphatic rings. The normalized spacial score (nSPS) is 13.2. The number of carbonyl (C=O) groups is 1. The van der Waals surface area contributed by atoms with E-state index in [2.05, 4.69) is 20.9 Å². The summed E-state index contributed by atoms with van der Waals surface area (Å²) < 4.78 is 21.5. The lowest BCUT2D eigenvalue weighted by Crippen LogP contribution is -2.36. The average Bonchev–Trinajstić information content (AvgIpc) is 3.56. The minimum atomic E-state index is -0.557. The molecule has 0 saturated carbocycles. The number of pyridine rings is 1. The van der Waals surface area contributed by atoms with E-state index in [1.807, 2.05) is 24.3 Å². The van der Waals surface area contributed by atoms with Gasteiger partial charge in [0.2, 0.25) is 5.88 Å². The second kappa shape index (κ2) is 10.9. The van der Waals surface area contributed by atoms with Crippen LogP contribution in [0.15, 0.2) is 47.2 Å². The van der Waals surface area contributed by atoms with Crippen LogP contribution < -0.4 is 9.64 Å². The van der Waals surface area contributed by atoms with Gasteiger partial charge in [0.25, 0.3) is 0 Å². The van der Waals surface area contributed by atoms with Gasteiger partial charge in [-0.15, -0.1) is 0 Å². The first-order valence-electron chi connectivity index (χ1n) is 11.8. The highest BCUT2D eigenvalue weighted by Crippen LogP contribution is 2.36. The molecule has 0 aliphatic carbocycles. The largest absolute Gasteiger partial charge is 0.499 e. The third kappa shape index (κ3) is 5.04. The van der Waals surface area contributed by atoms with Crippen LogP contribution in [0.4, 0.5) is 5.69 Å². The topological polar surface area (TPSA) is 131 Å². The van der Waals surface area contributed by atoms with Crippen LogP contribution in [0, 0.1) is 18.3 Å². The number of oxazole rings is 1. The first-order chi connectivity index (χ1) is 18.5. The molecular formula is C27H24N4O6S. The molecule has 3 aromatic heterocycles. The molecule has 1 N–H and O–H groups in total. The van der Waals surface area contributed by atoms with Crippen LogP contribution in [-0.2, 0) is 16.1 Å². The van der Waals surface area contributed by atoms with Gasteiger partial charge in [-0.25, -0.2) is 14.8 Å². The lowest BCUT2D eigenvalue weighted by atomic mass is 10.0. The Balaban J connectivity index is 1.52. The zero-order valence-electron chi connectivity index (χ0n) is 20.8. The van der Waals surface area contributed by atoms with Crippen molar-refractivity contribution in [2.45, 2.75) is 13.5 Å². The molecular weight excluding hydrogens is 508 g/mol. The van der Waals surface area contributed by atoms with E-state index >= 15 is 0 Å². The predicted octanol–water partition coefficient (Wildman–Crippen LogP) is 4.55. The number of carbonyl (C=O) groups excluding carboxylic acids is 1. The SMILES string of the molecule is COC(=O)c1cc(COc2nc(-c3ccc(N4CCOCC4)cc3)cc(-c3ncoc3C)c2C#N)c(O)s1. The van der Waals surface area contributed by atoms with Crippen molar-refractivity contribution in [3.63, 3.8) is 0 Å². The predicted molar refractivity (Wildman–Crippen MR) is 139 cm³/mol. The van der Waals surface area contributed by atoms with E-state index < -0.39 is 5.97 Å². The van der Waals surface area contributed by atoms with Crippen LogP contribution >= 0.6 is 11.3 Å². The summed E-state index contributed by atoms with van der Waals surface area (Å²) in [7, 11) is 1.27. The maximum absolute atomic E-state index is 11.8. The van der Waals surface area contributed by atoms with E-state index in [4.69, 9.17) is 18.6 Å². The third-order valence-electron chi connectivity index (χ3n) is 6.17. The summed E-state index contributed by atoms with van der Waals surface area (Å²) in [5.74, 6) is 0.0639. The van der Waals surface area contributed by atoms with E-state index in [9.17, 15) is 15.2 Å². The summed E-state index contributed by atoms with van der Waals surface area (Å²) >= 11 is 0.890. The number of esters is 1. The van der Waals surface area contributed by atoms with Crippen molar-refractivity contribution < 1.29 is 28.5 Å². The molecule has 0 bridgehead atoms. The van der Waals surface area contributed by atoms with Gasteiger partial charge in [-0.1, -0.05) is 23.5 Å². The fourth-order valence-electron chi connectivity index (χ4n) is 4.17. The number of aromatic nitrogens is 2. The summed E-state index contributed by atoms with van der Waals surface area (Å²) in [6.45, 7) is 4.70. The molecule has 0 atom stereocenters. The van der Waals surface area contributed by atoms with Crippen LogP contribution in [0.2, 0.25) is 0 Å². The van der Waals surface area contributed by atoms with Crippen LogP contribution in [0.25, 0.3) is 22.5 Å². The maximum atomic E-state index is 11.8. The number of morpholine rings is 1. The van der Waals surface area contributed by atoms with Gasteiger partial charge in [-0.05, 0) is 31.2 Å². The Morgan fingerprint density at radius 2 is 2.00 bits per heavy atom. The Morgan fingerprint density at radius 3 is 2.66 bits per heavy atom. The van der Waals surface area contributed by atoms with Gasteiger partial charge in [0, 0.05) is 35.5 Å². The molecule has 1 fully saturated rings. The summed E-state index contributed by atoms with van der Waals surface area (Å²) in [4.78, 5) is 23.3. The molecule has 4 heterocycles. The van der Waals surface area contributed by atoms with Gasteiger partial charge in [-0.2, -0.15) is 5.26 Å². The zero-order valence-corrected chi connectivity index (χ0v) is 21.6. The molecule has 0 amide bonds. The van der Waals surface area contributed by atoms with Gasteiger partial charge >= 0.3 is 5.97 Å². The molecule has 1 aromatic carbocycles. The van der Waals surface area contributed by atoms with Gasteiger partial charge in [0.05, 0.1) is 26.0 Å². The Morgan fingerprint density at radius 1 is 1.24 bits per heavy atom. The van der Waals surface area contributed by atoms with Crippen LogP contribution in [0.3, 0.4) is 0 Å². The number of aromatic hydroxyl groups is 1. The fourth-order valence-corrected chi connectivity index (χ4v) is 4.99. The molecule has 11 heteroatoms. The summed E-state index contributed by atoms with van der Waals surface area (Å²) in [5, 5.41) is 20.3. The highest BCUT2D eigenvalue weighted by molar-refractivity contribution is 7.15. The number of hydrogen-bond donors (Lipinski definition) is 1. The van der Waals surface area contributed by atoms with Crippen LogP contribution in [-0.4, -0.2) is 54.5 Å². The molecule has 1 saturated heterocycles. The standard InChI is InChI=1S/C27H24N4O6S/c1-16-24(29-15-37-16)20-12-22(17-3-5-19(6-4-17)31-7-9-35-10-8-31)30-25(21(20)13-28)36-14-18-11-23(26(32)34-2)38-27(18)33/h3-6,11-12,15,33H,7-10,14H2,1-2H3. The third-order valence-corrected chi connectivity index (χ3v) is 7.13. The number of benzene rings is 1. The van der Waals surface area contributed by atoms with E-state index in [-0.39, 0.29) is 28.0 Å². The Bertz CT molecular complexity index is 1500. The molecule has 194 valence electrons. The summed E-state index contributed by atoms with van der Waals surface area (Å²) in [6, 6.07) is 13.4. The number of thiophene rings is 1. The summed E-state index contributed by atoms with van der Waals surface area (Å²) in [6.07, 6.45) is 1.32. The van der Waals surface area contributed by atoms with Gasteiger partial charge in [-0.3, -0.25) is 0 Å². The smallest absolute Gasteiger partial charge is 0.348 e. The minimum absolute atomic E-state index is 0.0740. The number of methoxy groups -OCH3 is 1. The van der Waals surface area contributed by atoms with Crippen molar-refractivity contribution in [3.8, 4) is 39.5 Å². The van der Waals surface area contributed by atoms with Gasteiger partial charge in [0.15, 0.2) is 11.5 Å². The monoisotopic (exact) mass is 532 g/mol. The minimum Gasteiger partial charge on any atom is -0.499 e. The first kappa shape index (κ1) is 25.3. The Kier molecular flexibility index (Phi) is 7.26. The second-order valence-electron chi connectivity index (χ2n) is 8.47. The molecule has 0 spiro atoms. The molecule has 10 nitrogen and oxygen atoms in total. The van der Waals surface area contributed by atoms with Gasteiger partial charge < -0.3 is 28.6 Å². The first-order valence-corrected chi connectivity index (χ1v) is 12.6. The quantitative estimate of drug-likeness (QED) is 0.338. The molecule has 5 rings (SSSR count). The van der Waals surface area contributed by atoms with Crippen molar-refractivity contribution >= 4 is 23.0 Å². The van der Waals surface area contributed by atoms with Crippen molar-refractivity contribution in [1.82, 2.24) is 9.97 Å². The van der Waals surface area contributed by atoms with E-state index in [0.717, 1.165) is 35.7 Å². The van der Waals surface area contributed by atoms with E-state index in [1.165, 1.54) is 19.6 Å². The molecule has 0 unspecified atom stereocenters. The average molecular weight is 533 g/mol. The molecule has 0 radical (unpaired) electrons. The number of nitrogens with zero attached hydrogens (tertiary/aromatic N) is 4. The fraction of sp³-hybridized carbons (Fsp3) is 0.259. The highest BCUT2D eigenvalue weighted by atomic mass is 32.1. The molecule has 4 aromatic rings. The van der Waals surface area contributed by atoms with Crippen LogP contribution in [0.1, 0.15) is 26.6 Å². The number of aryl methyl sites for hydroxylation is 1. The lowest BCUT2D eigenvalue weighted by molar-refractivity contribution is 0.0606. The molecule has 38 heavy (non-hydrogen) atoms. The van der Waals surface area contributed by atoms with Crippen molar-refractivity contribution in [1.29, 1.82) is 5.26 Å². The Hall–Kier alpha value is -4.40. The number of nitriles is 1. The summed E-state index contributed by atoms with van der Waals surface area (Å²) in [5.41, 5.74) is 4.06. The zero-order chi connectivity index (χ0) is 26.6. The maximum Gasteiger partial charge on any atom is 0.348 e. The number of hydrogen-bond acceptors (Lipinski definition) is 11. The van der Waals surface area contributed by atoms with E-state index in [0.29, 0.717) is 41.5 Å². The van der Waals surface area contributed by atoms with Crippen molar-refractivity contribution in [3.05, 3.63) is 64.6 Å². The number of anilines is 1. The molecule has 1 aliphatic heterocycles. The van der Waals surface area contributed by atoms with Gasteiger partial charge in [0.1, 0.15) is 34.6 Å². The van der Waals surface area contributed by atoms with Crippen LogP contribution in [0.5, 0.6) is 10.9 Å². The number of rotatable bonds is 7. The van der Waals surface area contributed by atoms with Crippen molar-refractivity contribution in [2.24, 2.45) is 0 Å². The highest BCUT2D eigenvalue weighted by Gasteiger charge is 2.22. The van der Waals surface area contributed by atoms with Crippen molar-refractivity contribution in [2.75, 3.05) is 38.3 Å². The Labute approximate surface area is 222 Å². The second-order valence-corrected chi connectivity index (χ2v) is 9.50. The lowest BCUT2D eigenvalue weighted by Gasteiger charge is -2.28. The van der Waals surface area contributed by atoms with E-state index in [1.54, 1.807) is 13.0 Å². The number of ether oxygens (including phenoxy) is 3.